The van der Waals surface area contributed by atoms with E-state index in [1.54, 1.807) is 13.1 Å². The lowest BCUT2D eigenvalue weighted by Crippen LogP contribution is -2.44. The van der Waals surface area contributed by atoms with Crippen LogP contribution in [-0.4, -0.2) is 27.2 Å². The quantitative estimate of drug-likeness (QED) is 0.613. The first-order valence-electron chi connectivity index (χ1n) is 10.6. The molecule has 1 aliphatic heterocycles. The van der Waals surface area contributed by atoms with Crippen LogP contribution in [0, 0.1) is 18.7 Å². The summed E-state index contributed by atoms with van der Waals surface area (Å²) in [5.74, 6) is 5.36. The van der Waals surface area contributed by atoms with E-state index in [2.05, 4.69) is 4.98 Å². The molecule has 5 rings (SSSR count). The molecule has 4 heterocycles. The van der Waals surface area contributed by atoms with Gasteiger partial charge in [0.15, 0.2) is 5.82 Å². The molecule has 8 nitrogen and oxygen atoms in total. The average Bonchev–Trinajstić information content (AvgIpc) is 3.49. The standard InChI is InChI=1S/C22H25FN6O2/c1-12-19(27-9-7-14(10-27)18(24)16-4-2-3-8-26-16)15(23)11-28-20(12)17(13-5-6-13)21(30)29(25)22(28)31/h2-4,8,11,13-14,18H,5-7,9-10,24-25H2,1H3. The molecule has 4 N–H and O–H groups in total. The summed E-state index contributed by atoms with van der Waals surface area (Å²) < 4.78 is 17.0. The molecule has 31 heavy (non-hydrogen) atoms. The summed E-state index contributed by atoms with van der Waals surface area (Å²) in [6.45, 7) is 2.98. The van der Waals surface area contributed by atoms with Gasteiger partial charge in [0.05, 0.1) is 29.1 Å². The third-order valence-electron chi connectivity index (χ3n) is 6.60. The molecular formula is C22H25FN6O2. The summed E-state index contributed by atoms with van der Waals surface area (Å²) in [5.41, 5.74) is 8.02. The van der Waals surface area contributed by atoms with Crippen LogP contribution in [0.3, 0.4) is 0 Å². The fourth-order valence-corrected chi connectivity index (χ4v) is 4.85. The highest BCUT2D eigenvalue weighted by molar-refractivity contribution is 5.72. The summed E-state index contributed by atoms with van der Waals surface area (Å²) in [7, 11) is 0. The normalized spacial score (nSPS) is 19.8. The lowest BCUT2D eigenvalue weighted by atomic mass is 9.96. The second-order valence-electron chi connectivity index (χ2n) is 8.59. The molecular weight excluding hydrogens is 399 g/mol. The molecule has 2 fully saturated rings. The summed E-state index contributed by atoms with van der Waals surface area (Å²) in [6.07, 6.45) is 5.39. The molecule has 1 aliphatic carbocycles. The van der Waals surface area contributed by atoms with Crippen molar-refractivity contribution in [3.8, 4) is 0 Å². The first-order chi connectivity index (χ1) is 14.9. The van der Waals surface area contributed by atoms with Gasteiger partial charge < -0.3 is 16.5 Å². The first-order valence-corrected chi connectivity index (χ1v) is 10.6. The van der Waals surface area contributed by atoms with Crippen molar-refractivity contribution in [3.05, 3.63) is 74.1 Å². The van der Waals surface area contributed by atoms with E-state index in [1.807, 2.05) is 23.1 Å². The number of nitrogens with zero attached hydrogens (tertiary/aromatic N) is 4. The van der Waals surface area contributed by atoms with Gasteiger partial charge >= 0.3 is 5.69 Å². The minimum atomic E-state index is -0.741. The zero-order valence-corrected chi connectivity index (χ0v) is 17.3. The van der Waals surface area contributed by atoms with Crippen LogP contribution in [0.5, 0.6) is 0 Å². The van der Waals surface area contributed by atoms with Gasteiger partial charge in [-0.25, -0.2) is 9.18 Å². The molecule has 0 bridgehead atoms. The molecule has 0 aromatic carbocycles. The molecule has 1 saturated heterocycles. The average molecular weight is 424 g/mol. The number of anilines is 1. The highest BCUT2D eigenvalue weighted by Gasteiger charge is 2.35. The summed E-state index contributed by atoms with van der Waals surface area (Å²) in [6, 6.07) is 5.41. The number of rotatable bonds is 4. The zero-order valence-electron chi connectivity index (χ0n) is 17.3. The van der Waals surface area contributed by atoms with Crippen LogP contribution in [0.15, 0.2) is 40.2 Å². The van der Waals surface area contributed by atoms with Crippen molar-refractivity contribution in [2.45, 2.75) is 38.1 Å². The number of fused-ring (bicyclic) bond motifs is 1. The van der Waals surface area contributed by atoms with Gasteiger partial charge in [0.2, 0.25) is 0 Å². The number of nitrogen functional groups attached to an aromatic ring is 1. The van der Waals surface area contributed by atoms with Crippen LogP contribution in [0.25, 0.3) is 5.52 Å². The summed E-state index contributed by atoms with van der Waals surface area (Å²) in [5, 5.41) is 0. The summed E-state index contributed by atoms with van der Waals surface area (Å²) >= 11 is 0. The Balaban J connectivity index is 1.58. The Morgan fingerprint density at radius 2 is 2.00 bits per heavy atom. The van der Waals surface area contributed by atoms with Gasteiger partial charge in [-0.05, 0) is 50.2 Å². The third-order valence-corrected chi connectivity index (χ3v) is 6.60. The van der Waals surface area contributed by atoms with Crippen LogP contribution in [0.2, 0.25) is 0 Å². The Kier molecular flexibility index (Phi) is 4.58. The van der Waals surface area contributed by atoms with Crippen molar-refractivity contribution >= 4 is 11.2 Å². The number of hydrogen-bond donors (Lipinski definition) is 2. The molecule has 2 atom stereocenters. The molecule has 9 heteroatoms. The third kappa shape index (κ3) is 3.11. The predicted octanol–water partition coefficient (Wildman–Crippen LogP) is 1.42. The van der Waals surface area contributed by atoms with Gasteiger partial charge in [-0.15, -0.1) is 0 Å². The highest BCUT2D eigenvalue weighted by Crippen LogP contribution is 2.42. The van der Waals surface area contributed by atoms with E-state index in [9.17, 15) is 9.59 Å². The molecule has 0 amide bonds. The van der Waals surface area contributed by atoms with Gasteiger partial charge in [0, 0.05) is 30.4 Å². The lowest BCUT2D eigenvalue weighted by molar-refractivity contribution is 0.464. The topological polar surface area (TPSA) is 112 Å². The first kappa shape index (κ1) is 19.7. The number of aromatic nitrogens is 3. The van der Waals surface area contributed by atoms with Crippen LogP contribution in [0.4, 0.5) is 10.1 Å². The fourth-order valence-electron chi connectivity index (χ4n) is 4.85. The number of nitrogens with two attached hydrogens (primary N) is 2. The van der Waals surface area contributed by atoms with Crippen LogP contribution in [0.1, 0.15) is 48.0 Å². The van der Waals surface area contributed by atoms with Crippen molar-refractivity contribution in [3.63, 3.8) is 0 Å². The predicted molar refractivity (Wildman–Crippen MR) is 116 cm³/mol. The van der Waals surface area contributed by atoms with Crippen molar-refractivity contribution in [2.75, 3.05) is 23.8 Å². The van der Waals surface area contributed by atoms with E-state index in [0.29, 0.717) is 40.1 Å². The van der Waals surface area contributed by atoms with Gasteiger partial charge in [-0.3, -0.25) is 14.2 Å². The molecule has 2 unspecified atom stereocenters. The second kappa shape index (κ2) is 7.19. The Labute approximate surface area is 177 Å². The fraction of sp³-hybridized carbons (Fsp3) is 0.409. The second-order valence-corrected chi connectivity index (χ2v) is 8.59. The highest BCUT2D eigenvalue weighted by atomic mass is 19.1. The lowest BCUT2D eigenvalue weighted by Gasteiger charge is -2.25. The molecule has 2 aliphatic rings. The Morgan fingerprint density at radius 3 is 2.68 bits per heavy atom. The van der Waals surface area contributed by atoms with Crippen molar-refractivity contribution in [1.29, 1.82) is 0 Å². The van der Waals surface area contributed by atoms with Gasteiger partial charge in [-0.2, -0.15) is 4.68 Å². The van der Waals surface area contributed by atoms with Gasteiger partial charge in [-0.1, -0.05) is 6.07 Å². The number of hydrogen-bond acceptors (Lipinski definition) is 6. The maximum absolute atomic E-state index is 15.3. The minimum absolute atomic E-state index is 0.0545. The maximum Gasteiger partial charge on any atom is 0.354 e. The number of halogens is 1. The molecule has 162 valence electrons. The van der Waals surface area contributed by atoms with Gasteiger partial charge in [0.25, 0.3) is 5.56 Å². The minimum Gasteiger partial charge on any atom is -0.368 e. The van der Waals surface area contributed by atoms with Crippen molar-refractivity contribution < 1.29 is 4.39 Å². The van der Waals surface area contributed by atoms with E-state index in [1.165, 1.54) is 4.40 Å². The number of pyridine rings is 2. The van der Waals surface area contributed by atoms with E-state index in [4.69, 9.17) is 11.6 Å². The largest absolute Gasteiger partial charge is 0.368 e. The van der Waals surface area contributed by atoms with Crippen molar-refractivity contribution in [1.82, 2.24) is 14.1 Å². The van der Waals surface area contributed by atoms with Crippen molar-refractivity contribution in [2.24, 2.45) is 11.7 Å². The van der Waals surface area contributed by atoms with Crippen LogP contribution < -0.4 is 27.7 Å². The Bertz CT molecular complexity index is 1280. The Hall–Kier alpha value is -3.20. The summed E-state index contributed by atoms with van der Waals surface area (Å²) in [4.78, 5) is 31.6. The molecule has 1 saturated carbocycles. The Morgan fingerprint density at radius 1 is 1.23 bits per heavy atom. The smallest absolute Gasteiger partial charge is 0.354 e. The monoisotopic (exact) mass is 424 g/mol. The number of aryl methyl sites for hydroxylation is 1. The van der Waals surface area contributed by atoms with E-state index >= 15 is 4.39 Å². The molecule has 3 aromatic heterocycles. The maximum atomic E-state index is 15.3. The molecule has 0 spiro atoms. The van der Waals surface area contributed by atoms with Crippen LogP contribution in [-0.2, 0) is 0 Å². The molecule has 0 radical (unpaired) electrons. The SMILES string of the molecule is Cc1c(N2CCC(C(N)c3ccccn3)C2)c(F)cn2c(=O)n(N)c(=O)c(C3CC3)c12. The van der Waals surface area contributed by atoms with E-state index in [0.717, 1.165) is 31.2 Å². The van der Waals surface area contributed by atoms with Gasteiger partial charge in [0.1, 0.15) is 0 Å². The van der Waals surface area contributed by atoms with E-state index < -0.39 is 17.1 Å². The van der Waals surface area contributed by atoms with E-state index in [-0.39, 0.29) is 17.9 Å². The molecule has 3 aromatic rings. The van der Waals surface area contributed by atoms with Crippen LogP contribution >= 0.6 is 0 Å². The zero-order chi connectivity index (χ0) is 21.9.